The number of quaternary nitrogens is 1. The lowest BCUT2D eigenvalue weighted by molar-refractivity contribution is -0.910. The fourth-order valence-corrected chi connectivity index (χ4v) is 4.04. The third-order valence-electron chi connectivity index (χ3n) is 5.49. The minimum absolute atomic E-state index is 0.122. The van der Waals surface area contributed by atoms with Gasteiger partial charge in [-0.05, 0) is 36.6 Å². The van der Waals surface area contributed by atoms with E-state index in [1.54, 1.807) is 14.2 Å². The van der Waals surface area contributed by atoms with Crippen molar-refractivity contribution in [3.8, 4) is 11.5 Å². The Morgan fingerprint density at radius 3 is 2.71 bits per heavy atom. The van der Waals surface area contributed by atoms with Crippen LogP contribution >= 0.6 is 0 Å². The van der Waals surface area contributed by atoms with Crippen molar-refractivity contribution in [2.75, 3.05) is 33.9 Å². The lowest BCUT2D eigenvalue weighted by atomic mass is 10.0. The first-order valence-corrected chi connectivity index (χ1v) is 10.1. The number of methoxy groups -OCH3 is 2. The molecule has 1 saturated heterocycles. The molecule has 2 aromatic rings. The molecule has 28 heavy (non-hydrogen) atoms. The molecule has 5 heteroatoms. The molecular formula is C23H31N2O3+. The maximum absolute atomic E-state index is 12.5. The number of carbonyl (C=O) groups is 1. The molecule has 0 spiro atoms. The largest absolute Gasteiger partial charge is 0.497 e. The van der Waals surface area contributed by atoms with Crippen LogP contribution in [0.5, 0.6) is 11.5 Å². The van der Waals surface area contributed by atoms with Gasteiger partial charge in [0, 0.05) is 19.4 Å². The molecule has 0 radical (unpaired) electrons. The predicted molar refractivity (Wildman–Crippen MR) is 110 cm³/mol. The Kier molecular flexibility index (Phi) is 7.31. The third-order valence-corrected chi connectivity index (χ3v) is 5.49. The standard InChI is InChI=1S/C23H30N2O3/c1-27-19-12-13-22(28-2)20(16-19)21-11-7-15-25(21)17-23(26)24-14-6-10-18-8-4-3-5-9-18/h3-5,8-9,12-13,16,21H,6-7,10-11,14-15,17H2,1-2H3,(H,24,26)/p+1/t21-/m1/s1. The molecule has 3 rings (SSSR count). The normalized spacial score (nSPS) is 18.6. The van der Waals surface area contributed by atoms with Crippen LogP contribution in [0.2, 0.25) is 0 Å². The molecule has 2 atom stereocenters. The summed E-state index contributed by atoms with van der Waals surface area (Å²) in [7, 11) is 3.37. The van der Waals surface area contributed by atoms with Gasteiger partial charge in [-0.3, -0.25) is 4.79 Å². The topological polar surface area (TPSA) is 52.0 Å². The predicted octanol–water partition coefficient (Wildman–Crippen LogP) is 2.17. The lowest BCUT2D eigenvalue weighted by Gasteiger charge is -2.23. The Balaban J connectivity index is 1.52. The van der Waals surface area contributed by atoms with E-state index in [0.29, 0.717) is 13.1 Å². The van der Waals surface area contributed by atoms with Gasteiger partial charge in [-0.2, -0.15) is 0 Å². The fourth-order valence-electron chi connectivity index (χ4n) is 4.04. The summed E-state index contributed by atoms with van der Waals surface area (Å²) in [6, 6.07) is 16.6. The molecule has 1 heterocycles. The first kappa shape index (κ1) is 20.2. The molecule has 1 amide bonds. The summed E-state index contributed by atoms with van der Waals surface area (Å²) < 4.78 is 11.0. The number of aryl methyl sites for hydroxylation is 1. The number of carbonyl (C=O) groups excluding carboxylic acids is 1. The third kappa shape index (κ3) is 5.26. The first-order chi connectivity index (χ1) is 13.7. The van der Waals surface area contributed by atoms with Crippen molar-refractivity contribution in [2.45, 2.75) is 31.7 Å². The van der Waals surface area contributed by atoms with E-state index in [1.807, 2.05) is 24.3 Å². The van der Waals surface area contributed by atoms with Crippen molar-refractivity contribution in [1.82, 2.24) is 5.32 Å². The fraction of sp³-hybridized carbons (Fsp3) is 0.435. The van der Waals surface area contributed by atoms with Crippen molar-refractivity contribution < 1.29 is 19.2 Å². The summed E-state index contributed by atoms with van der Waals surface area (Å²) in [6.45, 7) is 2.22. The Morgan fingerprint density at radius 2 is 1.96 bits per heavy atom. The molecule has 1 unspecified atom stereocenters. The number of hydrogen-bond acceptors (Lipinski definition) is 3. The quantitative estimate of drug-likeness (QED) is 0.653. The zero-order chi connectivity index (χ0) is 19.8. The maximum Gasteiger partial charge on any atom is 0.275 e. The molecule has 150 valence electrons. The lowest BCUT2D eigenvalue weighted by Crippen LogP contribution is -3.11. The van der Waals surface area contributed by atoms with E-state index in [9.17, 15) is 4.79 Å². The summed E-state index contributed by atoms with van der Waals surface area (Å²) in [6.07, 6.45) is 4.11. The van der Waals surface area contributed by atoms with Crippen LogP contribution < -0.4 is 19.7 Å². The number of rotatable bonds is 9. The van der Waals surface area contributed by atoms with Crippen molar-refractivity contribution >= 4 is 5.91 Å². The molecule has 2 aromatic carbocycles. The van der Waals surface area contributed by atoms with E-state index in [0.717, 1.165) is 49.3 Å². The van der Waals surface area contributed by atoms with Crippen molar-refractivity contribution in [3.05, 3.63) is 59.7 Å². The summed E-state index contributed by atoms with van der Waals surface area (Å²) in [4.78, 5) is 13.8. The van der Waals surface area contributed by atoms with Crippen molar-refractivity contribution in [2.24, 2.45) is 0 Å². The number of benzene rings is 2. The molecule has 1 aliphatic heterocycles. The van der Waals surface area contributed by atoms with E-state index in [-0.39, 0.29) is 11.9 Å². The van der Waals surface area contributed by atoms with Crippen LogP contribution in [0.4, 0.5) is 0 Å². The van der Waals surface area contributed by atoms with Gasteiger partial charge in [0.05, 0.1) is 26.3 Å². The Bertz CT molecular complexity index is 764. The van der Waals surface area contributed by atoms with Crippen LogP contribution in [0.15, 0.2) is 48.5 Å². The molecule has 0 saturated carbocycles. The number of amides is 1. The maximum atomic E-state index is 12.5. The number of likely N-dealkylation sites (tertiary alicyclic amines) is 1. The minimum atomic E-state index is 0.122. The second-order valence-electron chi connectivity index (χ2n) is 7.33. The Hall–Kier alpha value is -2.53. The smallest absolute Gasteiger partial charge is 0.275 e. The van der Waals surface area contributed by atoms with Gasteiger partial charge in [-0.15, -0.1) is 0 Å². The zero-order valence-electron chi connectivity index (χ0n) is 16.9. The molecule has 0 aromatic heterocycles. The summed E-state index contributed by atoms with van der Waals surface area (Å²) in [5.74, 6) is 1.82. The minimum Gasteiger partial charge on any atom is -0.497 e. The Labute approximate surface area is 167 Å². The van der Waals surface area contributed by atoms with Crippen molar-refractivity contribution in [3.63, 3.8) is 0 Å². The van der Waals surface area contributed by atoms with Gasteiger partial charge in [-0.1, -0.05) is 30.3 Å². The van der Waals surface area contributed by atoms with Gasteiger partial charge in [-0.25, -0.2) is 0 Å². The number of nitrogens with one attached hydrogen (secondary N) is 2. The summed E-state index contributed by atoms with van der Waals surface area (Å²) in [5.41, 5.74) is 2.44. The highest BCUT2D eigenvalue weighted by atomic mass is 16.5. The van der Waals surface area contributed by atoms with E-state index < -0.39 is 0 Å². The van der Waals surface area contributed by atoms with Gasteiger partial charge in [0.2, 0.25) is 0 Å². The van der Waals surface area contributed by atoms with Gasteiger partial charge >= 0.3 is 0 Å². The second-order valence-corrected chi connectivity index (χ2v) is 7.33. The summed E-state index contributed by atoms with van der Waals surface area (Å²) >= 11 is 0. The average Bonchev–Trinajstić information content (AvgIpc) is 3.19. The highest BCUT2D eigenvalue weighted by Crippen LogP contribution is 2.31. The van der Waals surface area contributed by atoms with Gasteiger partial charge in [0.25, 0.3) is 5.91 Å². The molecular weight excluding hydrogens is 352 g/mol. The van der Waals surface area contributed by atoms with Gasteiger partial charge in [0.15, 0.2) is 6.54 Å². The van der Waals surface area contributed by atoms with Crippen molar-refractivity contribution in [1.29, 1.82) is 0 Å². The molecule has 5 nitrogen and oxygen atoms in total. The van der Waals surface area contributed by atoms with Crippen LogP contribution in [0.3, 0.4) is 0 Å². The van der Waals surface area contributed by atoms with Crippen LogP contribution in [0, 0.1) is 0 Å². The van der Waals surface area contributed by atoms with E-state index in [2.05, 4.69) is 29.6 Å². The first-order valence-electron chi connectivity index (χ1n) is 10.1. The van der Waals surface area contributed by atoms with Gasteiger partial charge in [0.1, 0.15) is 17.5 Å². The SMILES string of the molecule is COc1ccc(OC)c([C@H]2CCC[NH+]2CC(=O)NCCCc2ccccc2)c1. The molecule has 1 aliphatic rings. The monoisotopic (exact) mass is 383 g/mol. The van der Waals surface area contributed by atoms with E-state index in [4.69, 9.17) is 9.47 Å². The van der Waals surface area contributed by atoms with E-state index in [1.165, 1.54) is 10.5 Å². The molecule has 1 fully saturated rings. The highest BCUT2D eigenvalue weighted by molar-refractivity contribution is 5.76. The zero-order valence-corrected chi connectivity index (χ0v) is 16.9. The number of hydrogen-bond donors (Lipinski definition) is 2. The second kappa shape index (κ2) is 10.1. The van der Waals surface area contributed by atoms with Crippen LogP contribution in [0.1, 0.15) is 36.4 Å². The Morgan fingerprint density at radius 1 is 1.14 bits per heavy atom. The molecule has 0 bridgehead atoms. The molecule has 2 N–H and O–H groups in total. The summed E-state index contributed by atoms with van der Waals surface area (Å²) in [5, 5.41) is 3.09. The van der Waals surface area contributed by atoms with Crippen LogP contribution in [-0.2, 0) is 11.2 Å². The van der Waals surface area contributed by atoms with Crippen LogP contribution in [-0.4, -0.2) is 39.8 Å². The van der Waals surface area contributed by atoms with Gasteiger partial charge < -0.3 is 19.7 Å². The molecule has 0 aliphatic carbocycles. The highest BCUT2D eigenvalue weighted by Gasteiger charge is 2.33. The van der Waals surface area contributed by atoms with E-state index >= 15 is 0 Å². The average molecular weight is 384 g/mol. The van der Waals surface area contributed by atoms with Crippen LogP contribution in [0.25, 0.3) is 0 Å². The number of ether oxygens (including phenoxy) is 2.